The van der Waals surface area contributed by atoms with Crippen LogP contribution in [0.2, 0.25) is 0 Å². The van der Waals surface area contributed by atoms with Crippen molar-refractivity contribution in [1.82, 2.24) is 14.8 Å². The Bertz CT molecular complexity index is 612. The normalized spacial score (nSPS) is 13.6. The molecule has 0 saturated heterocycles. The molecule has 0 atom stereocenters. The molecule has 0 radical (unpaired) electrons. The Morgan fingerprint density at radius 1 is 1.32 bits per heavy atom. The summed E-state index contributed by atoms with van der Waals surface area (Å²) in [7, 11) is 4.07. The van der Waals surface area contributed by atoms with Crippen molar-refractivity contribution in [3.63, 3.8) is 0 Å². The van der Waals surface area contributed by atoms with E-state index in [4.69, 9.17) is 0 Å². The lowest BCUT2D eigenvalue weighted by Gasteiger charge is -2.23. The van der Waals surface area contributed by atoms with Crippen LogP contribution in [0.15, 0.2) is 16.8 Å². The largest absolute Gasteiger partial charge is 0.331 e. The number of hydrogen-bond donors (Lipinski definition) is 0. The van der Waals surface area contributed by atoms with Crippen molar-refractivity contribution < 1.29 is 4.79 Å². The first kappa shape index (κ1) is 15.6. The molecule has 0 N–H and O–H groups in total. The van der Waals surface area contributed by atoms with E-state index in [-0.39, 0.29) is 5.91 Å². The van der Waals surface area contributed by atoms with Crippen LogP contribution in [0.25, 0.3) is 0 Å². The van der Waals surface area contributed by atoms with Crippen LogP contribution >= 0.6 is 22.7 Å². The van der Waals surface area contributed by atoms with Crippen LogP contribution in [0.1, 0.15) is 32.4 Å². The van der Waals surface area contributed by atoms with Gasteiger partial charge in [0, 0.05) is 24.5 Å². The summed E-state index contributed by atoms with van der Waals surface area (Å²) in [6.07, 6.45) is 3.30. The van der Waals surface area contributed by atoms with Crippen molar-refractivity contribution in [2.24, 2.45) is 0 Å². The molecule has 3 rings (SSSR count). The van der Waals surface area contributed by atoms with Crippen LogP contribution in [0.4, 0.5) is 0 Å². The van der Waals surface area contributed by atoms with E-state index in [0.717, 1.165) is 31.6 Å². The molecule has 4 nitrogen and oxygen atoms in total. The Morgan fingerprint density at radius 2 is 2.18 bits per heavy atom. The molecule has 2 heterocycles. The molecule has 1 aliphatic carbocycles. The van der Waals surface area contributed by atoms with Crippen LogP contribution < -0.4 is 0 Å². The Labute approximate surface area is 139 Å². The summed E-state index contributed by atoms with van der Waals surface area (Å²) in [4.78, 5) is 22.8. The van der Waals surface area contributed by atoms with Crippen LogP contribution in [0.3, 0.4) is 0 Å². The highest BCUT2D eigenvalue weighted by molar-refractivity contribution is 7.13. The maximum atomic E-state index is 12.8. The van der Waals surface area contributed by atoms with Gasteiger partial charge in [0.15, 0.2) is 5.01 Å². The first-order valence-corrected chi connectivity index (χ1v) is 9.33. The lowest BCUT2D eigenvalue weighted by molar-refractivity contribution is 0.0731. The third-order valence-electron chi connectivity index (χ3n) is 3.84. The second-order valence-electron chi connectivity index (χ2n) is 5.90. The number of carbonyl (C=O) groups excluding carboxylic acids is 1. The summed E-state index contributed by atoms with van der Waals surface area (Å²) in [6.45, 7) is 2.26. The van der Waals surface area contributed by atoms with Crippen LogP contribution in [0.5, 0.6) is 0 Å². The summed E-state index contributed by atoms with van der Waals surface area (Å²) < 4.78 is 0. The molecule has 0 saturated carbocycles. The van der Waals surface area contributed by atoms with E-state index < -0.39 is 0 Å². The van der Waals surface area contributed by atoms with Gasteiger partial charge in [-0.05, 0) is 55.7 Å². The van der Waals surface area contributed by atoms with Crippen LogP contribution in [-0.4, -0.2) is 47.9 Å². The zero-order chi connectivity index (χ0) is 15.5. The first-order valence-electron chi connectivity index (χ1n) is 7.57. The summed E-state index contributed by atoms with van der Waals surface area (Å²) in [5.74, 6) is 0.0763. The van der Waals surface area contributed by atoms with E-state index in [1.165, 1.54) is 16.9 Å². The van der Waals surface area contributed by atoms with Gasteiger partial charge in [0.05, 0.1) is 5.69 Å². The number of carbonyl (C=O) groups is 1. The van der Waals surface area contributed by atoms with Gasteiger partial charge < -0.3 is 9.80 Å². The van der Waals surface area contributed by atoms with Gasteiger partial charge in [0.1, 0.15) is 0 Å². The fourth-order valence-corrected chi connectivity index (χ4v) is 4.37. The second-order valence-corrected chi connectivity index (χ2v) is 7.77. The third kappa shape index (κ3) is 3.56. The van der Waals surface area contributed by atoms with E-state index in [1.54, 1.807) is 22.7 Å². The molecule has 0 unspecified atom stereocenters. The highest BCUT2D eigenvalue weighted by Crippen LogP contribution is 2.28. The number of rotatable bonds is 6. The Morgan fingerprint density at radius 3 is 2.86 bits per heavy atom. The Kier molecular flexibility index (Phi) is 4.90. The quantitative estimate of drug-likeness (QED) is 0.814. The van der Waals surface area contributed by atoms with E-state index in [9.17, 15) is 4.79 Å². The predicted molar refractivity (Wildman–Crippen MR) is 91.8 cm³/mol. The number of thiazole rings is 1. The highest BCUT2D eigenvalue weighted by atomic mass is 32.1. The summed E-state index contributed by atoms with van der Waals surface area (Å²) in [6, 6.07) is 2.09. The first-order chi connectivity index (χ1) is 10.6. The maximum Gasteiger partial charge on any atom is 0.283 e. The molecule has 2 aromatic heterocycles. The number of aromatic nitrogens is 1. The molecule has 0 bridgehead atoms. The molecule has 0 fully saturated rings. The van der Waals surface area contributed by atoms with Gasteiger partial charge in [-0.3, -0.25) is 4.79 Å². The number of thiophene rings is 1. The van der Waals surface area contributed by atoms with Gasteiger partial charge in [0.2, 0.25) is 0 Å². The van der Waals surface area contributed by atoms with Gasteiger partial charge in [0.25, 0.3) is 5.91 Å². The number of hydrogen-bond acceptors (Lipinski definition) is 5. The SMILES string of the molecule is CN(C)CCN(Cc1ccsc1)C(=O)c1nc2c(s1)CCC2. The Balaban J connectivity index is 1.75. The summed E-state index contributed by atoms with van der Waals surface area (Å²) in [5, 5.41) is 4.83. The topological polar surface area (TPSA) is 36.4 Å². The van der Waals surface area contributed by atoms with Crippen LogP contribution in [-0.2, 0) is 19.4 Å². The number of fused-ring (bicyclic) bond motifs is 1. The smallest absolute Gasteiger partial charge is 0.283 e. The average Bonchev–Trinajstić information content (AvgIpc) is 3.18. The number of nitrogens with zero attached hydrogens (tertiary/aromatic N) is 3. The third-order valence-corrected chi connectivity index (χ3v) is 5.71. The van der Waals surface area contributed by atoms with Gasteiger partial charge in [-0.1, -0.05) is 0 Å². The minimum atomic E-state index is 0.0763. The fraction of sp³-hybridized carbons (Fsp3) is 0.500. The summed E-state index contributed by atoms with van der Waals surface area (Å²) in [5.41, 5.74) is 2.35. The second kappa shape index (κ2) is 6.89. The predicted octanol–water partition coefficient (Wildman–Crippen LogP) is 2.90. The van der Waals surface area contributed by atoms with Crippen molar-refractivity contribution in [3.8, 4) is 0 Å². The van der Waals surface area contributed by atoms with Crippen LogP contribution in [0, 0.1) is 0 Å². The monoisotopic (exact) mass is 335 g/mol. The average molecular weight is 335 g/mol. The number of aryl methyl sites for hydroxylation is 2. The molecule has 1 amide bonds. The molecule has 0 aromatic carbocycles. The van der Waals surface area contributed by atoms with E-state index in [1.807, 2.05) is 19.0 Å². The standard InChI is InChI=1S/C16H21N3OS2/c1-18(2)7-8-19(10-12-6-9-21-11-12)16(20)15-17-13-4-3-5-14(13)22-15/h6,9,11H,3-5,7-8,10H2,1-2H3. The zero-order valence-corrected chi connectivity index (χ0v) is 14.7. The van der Waals surface area contributed by atoms with Crippen molar-refractivity contribution in [2.45, 2.75) is 25.8 Å². The van der Waals surface area contributed by atoms with Gasteiger partial charge in [-0.2, -0.15) is 11.3 Å². The minimum Gasteiger partial charge on any atom is -0.331 e. The lowest BCUT2D eigenvalue weighted by atomic mass is 10.3. The van der Waals surface area contributed by atoms with Gasteiger partial charge in [-0.15, -0.1) is 11.3 Å². The lowest BCUT2D eigenvalue weighted by Crippen LogP contribution is -2.36. The van der Waals surface area contributed by atoms with Gasteiger partial charge >= 0.3 is 0 Å². The van der Waals surface area contributed by atoms with Crippen molar-refractivity contribution in [2.75, 3.05) is 27.2 Å². The van der Waals surface area contributed by atoms with Gasteiger partial charge in [-0.25, -0.2) is 4.98 Å². The molecule has 6 heteroatoms. The molecule has 118 valence electrons. The summed E-state index contributed by atoms with van der Waals surface area (Å²) >= 11 is 3.26. The molecule has 0 spiro atoms. The minimum absolute atomic E-state index is 0.0763. The van der Waals surface area contributed by atoms with E-state index in [2.05, 4.69) is 26.7 Å². The van der Waals surface area contributed by atoms with Crippen molar-refractivity contribution in [3.05, 3.63) is 38.0 Å². The molecule has 1 aliphatic rings. The molecule has 2 aromatic rings. The fourth-order valence-electron chi connectivity index (χ4n) is 2.59. The van der Waals surface area contributed by atoms with Crippen molar-refractivity contribution in [1.29, 1.82) is 0 Å². The maximum absolute atomic E-state index is 12.8. The van der Waals surface area contributed by atoms with Crippen molar-refractivity contribution >= 4 is 28.6 Å². The number of likely N-dealkylation sites (N-methyl/N-ethyl adjacent to an activating group) is 1. The van der Waals surface area contributed by atoms with E-state index >= 15 is 0 Å². The molecule has 22 heavy (non-hydrogen) atoms. The van der Waals surface area contributed by atoms with E-state index in [0.29, 0.717) is 11.6 Å². The Hall–Kier alpha value is -1.24. The number of amides is 1. The highest BCUT2D eigenvalue weighted by Gasteiger charge is 2.24. The zero-order valence-electron chi connectivity index (χ0n) is 13.0. The molecular weight excluding hydrogens is 314 g/mol. The molecular formula is C16H21N3OS2. The molecule has 0 aliphatic heterocycles.